The van der Waals surface area contributed by atoms with Crippen LogP contribution in [-0.4, -0.2) is 58.1 Å². The zero-order chi connectivity index (χ0) is 21.2. The molecular formula is C19H22N2O6S2. The fourth-order valence-electron chi connectivity index (χ4n) is 2.87. The minimum absolute atomic E-state index is 0.0907. The monoisotopic (exact) mass is 438 g/mol. The smallest absolute Gasteiger partial charge is 0.324 e. The van der Waals surface area contributed by atoms with E-state index in [1.165, 1.54) is 38.4 Å². The molecule has 3 rings (SSSR count). The Balaban J connectivity index is 1.68. The standard InChI is InChI=1S/C19H22N2O6S2/c1-20(2)28(23,24)17-10-6-7-15(13-17)14-27-19(22)18-11-12-21(18)29(25,26)16-8-4-3-5-9-16/h3-10,13,18H,11-12,14H2,1-2H3. The fraction of sp³-hybridized carbons (Fsp3) is 0.316. The highest BCUT2D eigenvalue weighted by Gasteiger charge is 2.43. The molecule has 0 bridgehead atoms. The van der Waals surface area contributed by atoms with Crippen molar-refractivity contribution >= 4 is 26.0 Å². The predicted molar refractivity (Wildman–Crippen MR) is 106 cm³/mol. The van der Waals surface area contributed by atoms with E-state index < -0.39 is 32.1 Å². The number of rotatable bonds is 7. The predicted octanol–water partition coefficient (Wildman–Crippen LogP) is 1.44. The van der Waals surface area contributed by atoms with Crippen molar-refractivity contribution < 1.29 is 26.4 Å². The van der Waals surface area contributed by atoms with Crippen molar-refractivity contribution in [1.29, 1.82) is 0 Å². The molecule has 1 atom stereocenters. The minimum Gasteiger partial charge on any atom is -0.460 e. The molecule has 29 heavy (non-hydrogen) atoms. The highest BCUT2D eigenvalue weighted by Crippen LogP contribution is 2.28. The van der Waals surface area contributed by atoms with E-state index in [2.05, 4.69) is 0 Å². The molecule has 0 aliphatic carbocycles. The third-order valence-electron chi connectivity index (χ3n) is 4.65. The van der Waals surface area contributed by atoms with Crippen LogP contribution in [0.3, 0.4) is 0 Å². The Morgan fingerprint density at radius 1 is 1.03 bits per heavy atom. The molecule has 8 nitrogen and oxygen atoms in total. The second-order valence-corrected chi connectivity index (χ2v) is 10.8. The number of sulfonamides is 2. The Morgan fingerprint density at radius 3 is 2.28 bits per heavy atom. The number of hydrogen-bond donors (Lipinski definition) is 0. The molecule has 1 aliphatic heterocycles. The van der Waals surface area contributed by atoms with E-state index in [1.807, 2.05) is 0 Å². The summed E-state index contributed by atoms with van der Waals surface area (Å²) in [5.74, 6) is -0.656. The van der Waals surface area contributed by atoms with Crippen molar-refractivity contribution in [3.8, 4) is 0 Å². The van der Waals surface area contributed by atoms with E-state index >= 15 is 0 Å². The normalized spacial score (nSPS) is 17.7. The Kier molecular flexibility index (Phi) is 6.08. The number of ether oxygens (including phenoxy) is 1. The summed E-state index contributed by atoms with van der Waals surface area (Å²) >= 11 is 0. The topological polar surface area (TPSA) is 101 Å². The number of carbonyl (C=O) groups is 1. The van der Waals surface area contributed by atoms with Gasteiger partial charge in [0.15, 0.2) is 0 Å². The molecule has 2 aromatic rings. The average molecular weight is 439 g/mol. The number of carbonyl (C=O) groups excluding carboxylic acids is 1. The van der Waals surface area contributed by atoms with Gasteiger partial charge in [0.25, 0.3) is 0 Å². The van der Waals surface area contributed by atoms with Crippen molar-refractivity contribution in [3.05, 3.63) is 60.2 Å². The van der Waals surface area contributed by atoms with E-state index in [0.29, 0.717) is 12.0 Å². The summed E-state index contributed by atoms with van der Waals surface area (Å²) in [6, 6.07) is 13.1. The Morgan fingerprint density at radius 2 is 1.69 bits per heavy atom. The lowest BCUT2D eigenvalue weighted by Crippen LogP contribution is -2.55. The molecule has 1 heterocycles. The van der Waals surface area contributed by atoms with Gasteiger partial charge in [-0.3, -0.25) is 4.79 Å². The van der Waals surface area contributed by atoms with Gasteiger partial charge in [0.1, 0.15) is 12.6 Å². The van der Waals surface area contributed by atoms with Gasteiger partial charge in [-0.25, -0.2) is 21.1 Å². The molecule has 156 valence electrons. The lowest BCUT2D eigenvalue weighted by molar-refractivity contribution is -0.152. The molecule has 1 saturated heterocycles. The molecule has 10 heteroatoms. The second-order valence-electron chi connectivity index (χ2n) is 6.78. The van der Waals surface area contributed by atoms with Crippen LogP contribution in [-0.2, 0) is 36.2 Å². The summed E-state index contributed by atoms with van der Waals surface area (Å²) in [7, 11) is -4.51. The maximum absolute atomic E-state index is 12.7. The van der Waals surface area contributed by atoms with Crippen LogP contribution in [0.5, 0.6) is 0 Å². The molecule has 0 N–H and O–H groups in total. The van der Waals surface area contributed by atoms with Crippen molar-refractivity contribution in [2.45, 2.75) is 28.9 Å². The Hall–Kier alpha value is -2.27. The van der Waals surface area contributed by atoms with Gasteiger partial charge in [0, 0.05) is 20.6 Å². The van der Waals surface area contributed by atoms with Crippen LogP contribution in [0.1, 0.15) is 12.0 Å². The number of hydrogen-bond acceptors (Lipinski definition) is 6. The zero-order valence-electron chi connectivity index (χ0n) is 16.1. The van der Waals surface area contributed by atoms with Crippen LogP contribution in [0.25, 0.3) is 0 Å². The average Bonchev–Trinajstić information content (AvgIpc) is 2.66. The number of benzene rings is 2. The molecule has 1 fully saturated rings. The Bertz CT molecular complexity index is 1100. The first-order chi connectivity index (χ1) is 13.6. The molecule has 1 aliphatic rings. The SMILES string of the molecule is CN(C)S(=O)(=O)c1cccc(COC(=O)C2CCN2S(=O)(=O)c2ccccc2)c1. The van der Waals surface area contributed by atoms with Gasteiger partial charge in [-0.2, -0.15) is 4.31 Å². The van der Waals surface area contributed by atoms with Gasteiger partial charge in [-0.15, -0.1) is 0 Å². The second kappa shape index (κ2) is 8.23. The van der Waals surface area contributed by atoms with Gasteiger partial charge in [-0.1, -0.05) is 30.3 Å². The van der Waals surface area contributed by atoms with Gasteiger partial charge in [0.05, 0.1) is 9.79 Å². The van der Waals surface area contributed by atoms with Crippen LogP contribution < -0.4 is 0 Å². The summed E-state index contributed by atoms with van der Waals surface area (Å²) in [6.45, 7) is 0.0961. The first-order valence-corrected chi connectivity index (χ1v) is 11.8. The van der Waals surface area contributed by atoms with Crippen LogP contribution in [0.2, 0.25) is 0 Å². The number of nitrogens with zero attached hydrogens (tertiary/aromatic N) is 2. The highest BCUT2D eigenvalue weighted by atomic mass is 32.2. The van der Waals surface area contributed by atoms with Crippen molar-refractivity contribution in [2.24, 2.45) is 0 Å². The van der Waals surface area contributed by atoms with Gasteiger partial charge in [0.2, 0.25) is 20.0 Å². The van der Waals surface area contributed by atoms with E-state index in [0.717, 1.165) is 8.61 Å². The maximum Gasteiger partial charge on any atom is 0.324 e. The fourth-order valence-corrected chi connectivity index (χ4v) is 5.49. The first-order valence-electron chi connectivity index (χ1n) is 8.89. The number of esters is 1. The van der Waals surface area contributed by atoms with E-state index in [4.69, 9.17) is 4.74 Å². The molecule has 1 unspecified atom stereocenters. The van der Waals surface area contributed by atoms with Gasteiger partial charge < -0.3 is 4.74 Å². The largest absolute Gasteiger partial charge is 0.460 e. The quantitative estimate of drug-likeness (QED) is 0.607. The lowest BCUT2D eigenvalue weighted by Gasteiger charge is -2.37. The summed E-state index contributed by atoms with van der Waals surface area (Å²) in [4.78, 5) is 12.6. The van der Waals surface area contributed by atoms with Crippen molar-refractivity contribution in [2.75, 3.05) is 20.6 Å². The molecule has 2 aromatic carbocycles. The Labute approximate surface area is 170 Å². The molecular weight excluding hydrogens is 416 g/mol. The minimum atomic E-state index is -3.77. The summed E-state index contributed by atoms with van der Waals surface area (Å²) < 4.78 is 57.3. The lowest BCUT2D eigenvalue weighted by atomic mass is 10.1. The molecule has 0 spiro atoms. The molecule has 0 aromatic heterocycles. The van der Waals surface area contributed by atoms with Crippen LogP contribution >= 0.6 is 0 Å². The van der Waals surface area contributed by atoms with Crippen LogP contribution in [0.4, 0.5) is 0 Å². The molecule has 0 radical (unpaired) electrons. The summed E-state index contributed by atoms with van der Waals surface area (Å²) in [5.41, 5.74) is 0.498. The van der Waals surface area contributed by atoms with E-state index in [1.54, 1.807) is 30.3 Å². The first kappa shape index (κ1) is 21.4. The zero-order valence-corrected chi connectivity index (χ0v) is 17.7. The summed E-state index contributed by atoms with van der Waals surface area (Å²) in [5, 5.41) is 0. The molecule has 0 saturated carbocycles. The third-order valence-corrected chi connectivity index (χ3v) is 8.38. The van der Waals surface area contributed by atoms with E-state index in [-0.39, 0.29) is 22.9 Å². The van der Waals surface area contributed by atoms with Crippen LogP contribution in [0, 0.1) is 0 Å². The summed E-state index contributed by atoms with van der Waals surface area (Å²) in [6.07, 6.45) is 0.375. The van der Waals surface area contributed by atoms with Gasteiger partial charge in [-0.05, 0) is 36.2 Å². The van der Waals surface area contributed by atoms with E-state index in [9.17, 15) is 21.6 Å². The van der Waals surface area contributed by atoms with Crippen molar-refractivity contribution in [1.82, 2.24) is 8.61 Å². The maximum atomic E-state index is 12.7. The van der Waals surface area contributed by atoms with Crippen molar-refractivity contribution in [3.63, 3.8) is 0 Å². The third kappa shape index (κ3) is 4.35. The van der Waals surface area contributed by atoms with Crippen LogP contribution in [0.15, 0.2) is 64.4 Å². The van der Waals surface area contributed by atoms with Gasteiger partial charge >= 0.3 is 5.97 Å². The molecule has 0 amide bonds. The highest BCUT2D eigenvalue weighted by molar-refractivity contribution is 7.89.